The maximum atomic E-state index is 4.39. The van der Waals surface area contributed by atoms with Crippen LogP contribution in [0.15, 0.2) is 29.2 Å². The van der Waals surface area contributed by atoms with Crippen molar-refractivity contribution in [1.82, 2.24) is 20.1 Å². The highest BCUT2D eigenvalue weighted by Gasteiger charge is 2.22. The number of aromatic nitrogens is 3. The van der Waals surface area contributed by atoms with Gasteiger partial charge in [-0.3, -0.25) is 0 Å². The van der Waals surface area contributed by atoms with E-state index in [2.05, 4.69) is 57.5 Å². The highest BCUT2D eigenvalue weighted by molar-refractivity contribution is 7.98. The van der Waals surface area contributed by atoms with Crippen LogP contribution in [0.2, 0.25) is 0 Å². The van der Waals surface area contributed by atoms with Gasteiger partial charge in [-0.2, -0.15) is 0 Å². The first kappa shape index (κ1) is 11.7. The number of rotatable bonds is 2. The third-order valence-electron chi connectivity index (χ3n) is 3.30. The highest BCUT2D eigenvalue weighted by atomic mass is 32.2. The number of fused-ring (bicyclic) bond motifs is 1. The van der Waals surface area contributed by atoms with Gasteiger partial charge in [0.05, 0.1) is 6.04 Å². The molecule has 0 spiro atoms. The van der Waals surface area contributed by atoms with Gasteiger partial charge in [0.2, 0.25) is 0 Å². The Hall–Kier alpha value is -1.33. The molecule has 0 saturated heterocycles. The zero-order chi connectivity index (χ0) is 12.5. The predicted molar refractivity (Wildman–Crippen MR) is 73.7 cm³/mol. The molecule has 1 N–H and O–H groups in total. The van der Waals surface area contributed by atoms with Crippen molar-refractivity contribution in [2.75, 3.05) is 12.8 Å². The lowest BCUT2D eigenvalue weighted by Gasteiger charge is -2.22. The minimum Gasteiger partial charge on any atom is -0.308 e. The van der Waals surface area contributed by atoms with Crippen molar-refractivity contribution in [3.05, 3.63) is 30.1 Å². The van der Waals surface area contributed by atoms with E-state index >= 15 is 0 Å². The van der Waals surface area contributed by atoms with Crippen LogP contribution < -0.4 is 5.32 Å². The molecule has 0 bridgehead atoms. The molecular formula is C13H16N4S. The van der Waals surface area contributed by atoms with Crippen molar-refractivity contribution in [3.8, 4) is 11.4 Å². The van der Waals surface area contributed by atoms with Gasteiger partial charge >= 0.3 is 0 Å². The fourth-order valence-electron chi connectivity index (χ4n) is 2.37. The van der Waals surface area contributed by atoms with Crippen molar-refractivity contribution in [3.63, 3.8) is 0 Å². The lowest BCUT2D eigenvalue weighted by Crippen LogP contribution is -2.32. The maximum Gasteiger partial charge on any atom is 0.165 e. The first-order valence-corrected chi connectivity index (χ1v) is 7.33. The summed E-state index contributed by atoms with van der Waals surface area (Å²) >= 11 is 1.75. The quantitative estimate of drug-likeness (QED) is 0.842. The van der Waals surface area contributed by atoms with Gasteiger partial charge in [0, 0.05) is 23.5 Å². The first-order chi connectivity index (χ1) is 8.81. The molecule has 1 unspecified atom stereocenters. The number of hydrogen-bond acceptors (Lipinski definition) is 4. The van der Waals surface area contributed by atoms with E-state index in [-0.39, 0.29) is 6.04 Å². The summed E-state index contributed by atoms with van der Waals surface area (Å²) < 4.78 is 2.23. The average Bonchev–Trinajstić information content (AvgIpc) is 2.84. The van der Waals surface area contributed by atoms with Crippen molar-refractivity contribution in [2.24, 2.45) is 0 Å². The lowest BCUT2D eigenvalue weighted by atomic mass is 10.2. The van der Waals surface area contributed by atoms with Crippen LogP contribution in [0.5, 0.6) is 0 Å². The van der Waals surface area contributed by atoms with E-state index in [1.54, 1.807) is 11.8 Å². The summed E-state index contributed by atoms with van der Waals surface area (Å²) in [4.78, 5) is 1.25. The number of thioether (sulfide) groups is 1. The number of benzene rings is 1. The lowest BCUT2D eigenvalue weighted by molar-refractivity contribution is 0.439. The molecule has 0 saturated carbocycles. The van der Waals surface area contributed by atoms with Crippen LogP contribution in [0.25, 0.3) is 11.4 Å². The Balaban J connectivity index is 2.13. The number of nitrogens with zero attached hydrogens (tertiary/aromatic N) is 3. The summed E-state index contributed by atoms with van der Waals surface area (Å²) in [5.74, 6) is 2.02. The van der Waals surface area contributed by atoms with Crippen molar-refractivity contribution in [2.45, 2.75) is 24.4 Å². The van der Waals surface area contributed by atoms with E-state index in [1.807, 2.05) is 0 Å². The molecule has 1 aromatic heterocycles. The van der Waals surface area contributed by atoms with Crippen LogP contribution in [0.1, 0.15) is 18.8 Å². The molecule has 1 aliphatic rings. The summed E-state index contributed by atoms with van der Waals surface area (Å²) in [5.41, 5.74) is 1.18. The van der Waals surface area contributed by atoms with Crippen LogP contribution >= 0.6 is 11.8 Å². The Labute approximate surface area is 111 Å². The van der Waals surface area contributed by atoms with Crippen LogP contribution in [0, 0.1) is 0 Å². The monoisotopic (exact) mass is 260 g/mol. The van der Waals surface area contributed by atoms with Crippen LogP contribution in [-0.2, 0) is 6.54 Å². The van der Waals surface area contributed by atoms with Gasteiger partial charge in [-0.15, -0.1) is 22.0 Å². The average molecular weight is 260 g/mol. The predicted octanol–water partition coefficient (Wildman–Crippen LogP) is 2.33. The third kappa shape index (κ3) is 1.83. The zero-order valence-electron chi connectivity index (χ0n) is 10.6. The van der Waals surface area contributed by atoms with Gasteiger partial charge in [-0.05, 0) is 19.2 Å². The summed E-state index contributed by atoms with van der Waals surface area (Å²) in [6.07, 6.45) is 2.09. The molecule has 4 nitrogen and oxygen atoms in total. The highest BCUT2D eigenvalue weighted by Crippen LogP contribution is 2.30. The molecule has 1 aromatic carbocycles. The summed E-state index contributed by atoms with van der Waals surface area (Å²) in [7, 11) is 0. The van der Waals surface area contributed by atoms with Crippen LogP contribution in [0.4, 0.5) is 0 Å². The van der Waals surface area contributed by atoms with E-state index in [1.165, 1.54) is 10.5 Å². The number of nitrogens with one attached hydrogen (secondary N) is 1. The van der Waals surface area contributed by atoms with E-state index in [0.29, 0.717) is 0 Å². The zero-order valence-corrected chi connectivity index (χ0v) is 11.4. The summed E-state index contributed by atoms with van der Waals surface area (Å²) in [6.45, 7) is 4.04. The van der Waals surface area contributed by atoms with Gasteiger partial charge in [0.1, 0.15) is 5.82 Å². The molecule has 18 heavy (non-hydrogen) atoms. The Morgan fingerprint density at radius 1 is 1.33 bits per heavy atom. The van der Waals surface area contributed by atoms with Crippen LogP contribution in [0.3, 0.4) is 0 Å². The molecule has 0 amide bonds. The molecule has 94 valence electrons. The maximum absolute atomic E-state index is 4.39. The fraction of sp³-hybridized carbons (Fsp3) is 0.385. The molecule has 5 heteroatoms. The largest absolute Gasteiger partial charge is 0.308 e. The summed E-state index contributed by atoms with van der Waals surface area (Å²) in [5, 5.41) is 12.1. The van der Waals surface area contributed by atoms with Gasteiger partial charge in [0.15, 0.2) is 5.82 Å². The number of hydrogen-bond donors (Lipinski definition) is 1. The topological polar surface area (TPSA) is 42.7 Å². The second-order valence-electron chi connectivity index (χ2n) is 4.41. The van der Waals surface area contributed by atoms with E-state index in [0.717, 1.165) is 24.7 Å². The van der Waals surface area contributed by atoms with Gasteiger partial charge in [-0.1, -0.05) is 18.2 Å². The molecule has 2 aromatic rings. The standard InChI is InChI=1S/C13H16N4S/c1-9-12-15-16-13(17(12)8-7-14-9)10-5-3-4-6-11(10)18-2/h3-6,9,14H,7-8H2,1-2H3. The van der Waals surface area contributed by atoms with Gasteiger partial charge in [-0.25, -0.2) is 0 Å². The molecular weight excluding hydrogens is 244 g/mol. The molecule has 0 radical (unpaired) electrons. The fourth-order valence-corrected chi connectivity index (χ4v) is 2.96. The second-order valence-corrected chi connectivity index (χ2v) is 5.26. The van der Waals surface area contributed by atoms with Crippen molar-refractivity contribution >= 4 is 11.8 Å². The molecule has 0 aliphatic carbocycles. The SMILES string of the molecule is CSc1ccccc1-c1nnc2n1CCNC2C. The Morgan fingerprint density at radius 2 is 2.17 bits per heavy atom. The Bertz CT molecular complexity index is 564. The molecule has 3 rings (SSSR count). The molecule has 0 fully saturated rings. The normalized spacial score (nSPS) is 18.7. The van der Waals surface area contributed by atoms with Gasteiger partial charge in [0.25, 0.3) is 0 Å². The Kier molecular flexibility index (Phi) is 3.09. The van der Waals surface area contributed by atoms with Crippen molar-refractivity contribution < 1.29 is 0 Å². The van der Waals surface area contributed by atoms with Gasteiger partial charge < -0.3 is 9.88 Å². The van der Waals surface area contributed by atoms with Crippen LogP contribution in [-0.4, -0.2) is 27.6 Å². The first-order valence-electron chi connectivity index (χ1n) is 6.11. The van der Waals surface area contributed by atoms with Crippen molar-refractivity contribution in [1.29, 1.82) is 0 Å². The third-order valence-corrected chi connectivity index (χ3v) is 4.10. The minimum atomic E-state index is 0.279. The Morgan fingerprint density at radius 3 is 3.00 bits per heavy atom. The minimum absolute atomic E-state index is 0.279. The smallest absolute Gasteiger partial charge is 0.165 e. The molecule has 2 heterocycles. The van der Waals surface area contributed by atoms with E-state index in [9.17, 15) is 0 Å². The molecule has 1 aliphatic heterocycles. The second kappa shape index (κ2) is 4.74. The summed E-state index contributed by atoms with van der Waals surface area (Å²) in [6, 6.07) is 8.65. The molecule has 1 atom stereocenters. The van der Waals surface area contributed by atoms with E-state index < -0.39 is 0 Å². The van der Waals surface area contributed by atoms with E-state index in [4.69, 9.17) is 0 Å².